The molecule has 4 amide bonds. The highest BCUT2D eigenvalue weighted by Crippen LogP contribution is 2.31. The summed E-state index contributed by atoms with van der Waals surface area (Å²) in [5.41, 5.74) is 0.0140. The van der Waals surface area contributed by atoms with Gasteiger partial charge in [0.2, 0.25) is 5.91 Å². The zero-order valence-corrected chi connectivity index (χ0v) is 17.4. The molecule has 1 saturated heterocycles. The van der Waals surface area contributed by atoms with Crippen molar-refractivity contribution in [1.29, 1.82) is 0 Å². The number of benzene rings is 1. The summed E-state index contributed by atoms with van der Waals surface area (Å²) in [6.45, 7) is 0.855. The first-order valence-electron chi connectivity index (χ1n) is 9.64. The molecule has 3 rings (SSSR count). The van der Waals surface area contributed by atoms with Crippen LogP contribution >= 0.6 is 23.2 Å². The largest absolute Gasteiger partial charge is 0.506 e. The van der Waals surface area contributed by atoms with Gasteiger partial charge < -0.3 is 26.0 Å². The van der Waals surface area contributed by atoms with Crippen molar-refractivity contribution in [3.05, 3.63) is 27.7 Å². The van der Waals surface area contributed by atoms with E-state index in [4.69, 9.17) is 23.2 Å². The molecule has 1 aromatic rings. The van der Waals surface area contributed by atoms with Gasteiger partial charge in [-0.3, -0.25) is 9.59 Å². The van der Waals surface area contributed by atoms with Gasteiger partial charge in [-0.2, -0.15) is 0 Å². The summed E-state index contributed by atoms with van der Waals surface area (Å²) in [5, 5.41) is 18.6. The monoisotopic (exact) mass is 442 g/mol. The van der Waals surface area contributed by atoms with E-state index in [1.807, 2.05) is 0 Å². The summed E-state index contributed by atoms with van der Waals surface area (Å²) >= 11 is 11.8. The fraction of sp³-hybridized carbons (Fsp3) is 0.526. The second-order valence-electron chi connectivity index (χ2n) is 7.37. The van der Waals surface area contributed by atoms with Crippen LogP contribution in [0.5, 0.6) is 5.75 Å². The number of carbonyl (C=O) groups excluding carboxylic acids is 3. The van der Waals surface area contributed by atoms with Crippen molar-refractivity contribution in [3.63, 3.8) is 0 Å². The maximum Gasteiger partial charge on any atom is 0.317 e. The Hall–Kier alpha value is -2.19. The van der Waals surface area contributed by atoms with Crippen LogP contribution in [-0.2, 0) is 4.79 Å². The van der Waals surface area contributed by atoms with Crippen LogP contribution in [0, 0.1) is 0 Å². The Labute approximate surface area is 178 Å². The highest BCUT2D eigenvalue weighted by atomic mass is 35.5. The molecule has 158 valence electrons. The molecule has 1 aliphatic carbocycles. The number of phenolic OH excluding ortho intramolecular Hbond substituents is 1. The molecule has 1 aliphatic heterocycles. The summed E-state index contributed by atoms with van der Waals surface area (Å²) < 4.78 is 0. The molecule has 0 unspecified atom stereocenters. The third-order valence-electron chi connectivity index (χ3n) is 5.26. The summed E-state index contributed by atoms with van der Waals surface area (Å²) in [5.74, 6) is -0.960. The van der Waals surface area contributed by atoms with E-state index >= 15 is 0 Å². The standard InChI is InChI=1S/C19H24Cl2N4O4/c20-11-8-14(17(27)15(21)9-11)18(28)24-13-4-6-25(7-5-13)19(29)22-10-16(26)23-12-2-1-3-12/h8-9,12-13,27H,1-7,10H2,(H,22,29)(H,23,26)(H,24,28). The van der Waals surface area contributed by atoms with Crippen molar-refractivity contribution in [2.45, 2.75) is 44.2 Å². The smallest absolute Gasteiger partial charge is 0.317 e. The lowest BCUT2D eigenvalue weighted by Crippen LogP contribution is -2.51. The maximum absolute atomic E-state index is 12.4. The third-order valence-corrected chi connectivity index (χ3v) is 5.77. The number of hydrogen-bond donors (Lipinski definition) is 4. The molecule has 8 nitrogen and oxygen atoms in total. The van der Waals surface area contributed by atoms with Crippen LogP contribution < -0.4 is 16.0 Å². The van der Waals surface area contributed by atoms with Gasteiger partial charge in [-0.1, -0.05) is 23.2 Å². The molecular formula is C19H24Cl2N4O4. The minimum absolute atomic E-state index is 0.00971. The third kappa shape index (κ3) is 5.67. The Morgan fingerprint density at radius 3 is 2.31 bits per heavy atom. The topological polar surface area (TPSA) is 111 Å². The SMILES string of the molecule is O=C(CNC(=O)N1CCC(NC(=O)c2cc(Cl)cc(Cl)c2O)CC1)NC1CCC1. The van der Waals surface area contributed by atoms with Crippen LogP contribution in [-0.4, -0.2) is 59.6 Å². The van der Waals surface area contributed by atoms with Crippen LogP contribution in [0.2, 0.25) is 10.0 Å². The van der Waals surface area contributed by atoms with E-state index < -0.39 is 5.91 Å². The second kappa shape index (κ2) is 9.54. The lowest BCUT2D eigenvalue weighted by Gasteiger charge is -2.32. The number of halogens is 2. The van der Waals surface area contributed by atoms with Gasteiger partial charge in [0.1, 0.15) is 5.75 Å². The summed E-state index contributed by atoms with van der Waals surface area (Å²) in [6, 6.07) is 2.52. The molecule has 0 aromatic heterocycles. The maximum atomic E-state index is 12.4. The van der Waals surface area contributed by atoms with Crippen LogP contribution in [0.4, 0.5) is 4.79 Å². The lowest BCUT2D eigenvalue weighted by molar-refractivity contribution is -0.121. The molecule has 2 fully saturated rings. The van der Waals surface area contributed by atoms with Crippen molar-refractivity contribution >= 4 is 41.0 Å². The Morgan fingerprint density at radius 2 is 1.69 bits per heavy atom. The van der Waals surface area contributed by atoms with Crippen molar-refractivity contribution in [3.8, 4) is 5.75 Å². The number of carbonyl (C=O) groups is 3. The van der Waals surface area contributed by atoms with E-state index in [9.17, 15) is 19.5 Å². The van der Waals surface area contributed by atoms with Crippen LogP contribution in [0.25, 0.3) is 0 Å². The van der Waals surface area contributed by atoms with Crippen molar-refractivity contribution in [2.75, 3.05) is 19.6 Å². The molecular weight excluding hydrogens is 419 g/mol. The molecule has 4 N–H and O–H groups in total. The van der Waals surface area contributed by atoms with E-state index in [1.54, 1.807) is 4.90 Å². The lowest BCUT2D eigenvalue weighted by atomic mass is 9.93. The van der Waals surface area contributed by atoms with E-state index in [2.05, 4.69) is 16.0 Å². The van der Waals surface area contributed by atoms with Gasteiger partial charge >= 0.3 is 6.03 Å². The fourth-order valence-corrected chi connectivity index (χ4v) is 3.82. The first-order valence-corrected chi connectivity index (χ1v) is 10.4. The van der Waals surface area contributed by atoms with Crippen molar-refractivity contribution in [2.24, 2.45) is 0 Å². The quantitative estimate of drug-likeness (QED) is 0.560. The highest BCUT2D eigenvalue weighted by Gasteiger charge is 2.26. The first kappa shape index (κ1) is 21.5. The van der Waals surface area contributed by atoms with Crippen molar-refractivity contribution < 1.29 is 19.5 Å². The number of nitrogens with one attached hydrogen (secondary N) is 3. The fourth-order valence-electron chi connectivity index (χ4n) is 3.33. The molecule has 1 saturated carbocycles. The van der Waals surface area contributed by atoms with Crippen LogP contribution in [0.3, 0.4) is 0 Å². The average Bonchev–Trinajstić information content (AvgIpc) is 2.66. The number of rotatable bonds is 5. The molecule has 1 heterocycles. The molecule has 10 heteroatoms. The van der Waals surface area contributed by atoms with E-state index in [-0.39, 0.29) is 51.9 Å². The molecule has 29 heavy (non-hydrogen) atoms. The highest BCUT2D eigenvalue weighted by molar-refractivity contribution is 6.36. The Morgan fingerprint density at radius 1 is 1.03 bits per heavy atom. The van der Waals surface area contributed by atoms with E-state index in [1.165, 1.54) is 12.1 Å². The van der Waals surface area contributed by atoms with Crippen LogP contribution in [0.1, 0.15) is 42.5 Å². The number of phenols is 1. The number of aromatic hydroxyl groups is 1. The summed E-state index contributed by atoms with van der Waals surface area (Å²) in [6.07, 6.45) is 4.24. The molecule has 1 aromatic carbocycles. The predicted molar refractivity (Wildman–Crippen MR) is 109 cm³/mol. The zero-order chi connectivity index (χ0) is 21.0. The van der Waals surface area contributed by atoms with Crippen molar-refractivity contribution in [1.82, 2.24) is 20.9 Å². The average molecular weight is 443 g/mol. The van der Waals surface area contributed by atoms with Gasteiger partial charge in [0, 0.05) is 30.2 Å². The molecule has 2 aliphatic rings. The first-order chi connectivity index (χ1) is 13.8. The number of piperidine rings is 1. The predicted octanol–water partition coefficient (Wildman–Crippen LogP) is 2.27. The molecule has 0 radical (unpaired) electrons. The summed E-state index contributed by atoms with van der Waals surface area (Å²) in [4.78, 5) is 38.1. The van der Waals surface area contributed by atoms with Crippen LogP contribution in [0.15, 0.2) is 12.1 Å². The van der Waals surface area contributed by atoms with E-state index in [0.717, 1.165) is 19.3 Å². The van der Waals surface area contributed by atoms with Gasteiger partial charge in [-0.15, -0.1) is 0 Å². The van der Waals surface area contributed by atoms with Gasteiger partial charge in [0.15, 0.2) is 0 Å². The Balaban J connectivity index is 1.42. The van der Waals surface area contributed by atoms with Gasteiger partial charge in [-0.05, 0) is 44.2 Å². The molecule has 0 bridgehead atoms. The minimum Gasteiger partial charge on any atom is -0.506 e. The Bertz CT molecular complexity index is 793. The zero-order valence-electron chi connectivity index (χ0n) is 15.8. The number of urea groups is 1. The number of likely N-dealkylation sites (tertiary alicyclic amines) is 1. The van der Waals surface area contributed by atoms with E-state index in [0.29, 0.717) is 25.9 Å². The number of hydrogen-bond acceptors (Lipinski definition) is 4. The Kier molecular flexibility index (Phi) is 7.08. The normalized spacial score (nSPS) is 17.4. The summed E-state index contributed by atoms with van der Waals surface area (Å²) in [7, 11) is 0. The minimum atomic E-state index is -0.470. The van der Waals surface area contributed by atoms with Gasteiger partial charge in [-0.25, -0.2) is 4.79 Å². The molecule has 0 spiro atoms. The number of amides is 4. The van der Waals surface area contributed by atoms with Gasteiger partial charge in [0.25, 0.3) is 5.91 Å². The van der Waals surface area contributed by atoms with Gasteiger partial charge in [0.05, 0.1) is 17.1 Å². The number of nitrogens with zero attached hydrogens (tertiary/aromatic N) is 1. The molecule has 0 atom stereocenters. The second-order valence-corrected chi connectivity index (χ2v) is 8.22.